The van der Waals surface area contributed by atoms with E-state index in [0.717, 1.165) is 64.2 Å². The van der Waals surface area contributed by atoms with Crippen molar-refractivity contribution in [1.29, 1.82) is 0 Å². The summed E-state index contributed by atoms with van der Waals surface area (Å²) in [6.07, 6.45) is 32.8. The molecule has 0 aliphatic carbocycles. The first-order chi connectivity index (χ1) is 23.6. The van der Waals surface area contributed by atoms with Gasteiger partial charge >= 0.3 is 11.9 Å². The molecule has 49 heavy (non-hydrogen) atoms. The number of hydrogen-bond donors (Lipinski definition) is 0. The summed E-state index contributed by atoms with van der Waals surface area (Å²) < 4.78 is 22.3. The average Bonchev–Trinajstić information content (AvgIpc) is 3.05. The van der Waals surface area contributed by atoms with Crippen LogP contribution in [0.1, 0.15) is 117 Å². The van der Waals surface area contributed by atoms with E-state index in [2.05, 4.69) is 62.5 Å². The summed E-state index contributed by atoms with van der Waals surface area (Å²) in [5, 5.41) is 11.6. The minimum Gasteiger partial charge on any atom is -0.545 e. The first-order valence-corrected chi connectivity index (χ1v) is 18.4. The molecule has 0 saturated heterocycles. The number of carboxylic acids is 1. The highest BCUT2D eigenvalue weighted by Crippen LogP contribution is 2.10. The predicted octanol–water partition coefficient (Wildman–Crippen LogP) is 7.32. The normalized spacial score (nSPS) is 13.7. The number of hydrogen-bond acceptors (Lipinski definition) is 8. The fourth-order valence-corrected chi connectivity index (χ4v) is 4.35. The molecule has 0 amide bonds. The standard InChI is InChI=1S/C40H67NO8/c1-6-8-10-12-14-16-18-19-21-23-25-27-29-31-38(43)49-36(35-48-40(39(44)45)46-33-32-41(3,4)5)34-47-37(42)30-28-26-24-22-20-17-15-13-11-9-7-2/h8,10,13-16,19,21,25,27,36,40H,6-7,9,11-12,17-18,20,22-24,26,28-35H2,1-5H3/b10-8-,15-13-,16-14-,21-19-,27-25-. The van der Waals surface area contributed by atoms with Gasteiger partial charge in [-0.2, -0.15) is 0 Å². The van der Waals surface area contributed by atoms with Gasteiger partial charge in [0.05, 0.1) is 40.3 Å². The van der Waals surface area contributed by atoms with Crippen LogP contribution in [0, 0.1) is 0 Å². The smallest absolute Gasteiger partial charge is 0.306 e. The monoisotopic (exact) mass is 689 g/mol. The molecular weight excluding hydrogens is 622 g/mol. The lowest BCUT2D eigenvalue weighted by molar-refractivity contribution is -0.870. The number of likely N-dealkylation sites (N-methyl/N-ethyl adjacent to an activating group) is 1. The van der Waals surface area contributed by atoms with Crippen LogP contribution in [-0.4, -0.2) is 82.3 Å². The van der Waals surface area contributed by atoms with Crippen molar-refractivity contribution < 1.29 is 42.9 Å². The van der Waals surface area contributed by atoms with Crippen molar-refractivity contribution in [2.75, 3.05) is 47.5 Å². The number of esters is 2. The number of rotatable bonds is 32. The molecule has 0 spiro atoms. The van der Waals surface area contributed by atoms with Gasteiger partial charge in [-0.1, -0.05) is 107 Å². The first kappa shape index (κ1) is 46.0. The number of quaternary nitrogens is 1. The molecule has 0 aromatic carbocycles. The first-order valence-electron chi connectivity index (χ1n) is 18.4. The van der Waals surface area contributed by atoms with Crippen LogP contribution < -0.4 is 5.11 Å². The fraction of sp³-hybridized carbons (Fsp3) is 0.675. The van der Waals surface area contributed by atoms with Crippen molar-refractivity contribution in [2.45, 2.75) is 129 Å². The van der Waals surface area contributed by atoms with E-state index in [-0.39, 0.29) is 32.7 Å². The molecule has 0 N–H and O–H groups in total. The van der Waals surface area contributed by atoms with Crippen molar-refractivity contribution in [3.63, 3.8) is 0 Å². The van der Waals surface area contributed by atoms with Crippen molar-refractivity contribution >= 4 is 17.9 Å². The molecule has 9 nitrogen and oxygen atoms in total. The molecule has 0 aromatic rings. The molecule has 2 unspecified atom stereocenters. The molecule has 0 radical (unpaired) electrons. The summed E-state index contributed by atoms with van der Waals surface area (Å²) in [4.78, 5) is 36.6. The third-order valence-electron chi connectivity index (χ3n) is 7.26. The van der Waals surface area contributed by atoms with Gasteiger partial charge in [-0.3, -0.25) is 9.59 Å². The number of carbonyl (C=O) groups is 3. The van der Waals surface area contributed by atoms with Crippen LogP contribution in [0.5, 0.6) is 0 Å². The number of carboxylic acid groups (broad SMARTS) is 1. The summed E-state index contributed by atoms with van der Waals surface area (Å²) in [7, 11) is 5.86. The molecule has 0 bridgehead atoms. The van der Waals surface area contributed by atoms with E-state index >= 15 is 0 Å². The van der Waals surface area contributed by atoms with Gasteiger partial charge in [0.1, 0.15) is 13.2 Å². The molecule has 0 aliphatic heterocycles. The number of carbonyl (C=O) groups excluding carboxylic acids is 3. The van der Waals surface area contributed by atoms with Gasteiger partial charge in [-0.05, 0) is 57.8 Å². The Balaban J connectivity index is 4.71. The Morgan fingerprint density at radius 3 is 1.82 bits per heavy atom. The Morgan fingerprint density at radius 2 is 1.20 bits per heavy atom. The fourth-order valence-electron chi connectivity index (χ4n) is 4.35. The Bertz CT molecular complexity index is 993. The zero-order valence-corrected chi connectivity index (χ0v) is 31.3. The summed E-state index contributed by atoms with van der Waals surface area (Å²) in [6, 6.07) is 0. The van der Waals surface area contributed by atoms with Crippen molar-refractivity contribution in [3.8, 4) is 0 Å². The topological polar surface area (TPSA) is 111 Å². The minimum absolute atomic E-state index is 0.122. The van der Waals surface area contributed by atoms with Crippen LogP contribution >= 0.6 is 0 Å². The number of unbranched alkanes of at least 4 members (excludes halogenated alkanes) is 7. The second kappa shape index (κ2) is 32.2. The quantitative estimate of drug-likeness (QED) is 0.0238. The van der Waals surface area contributed by atoms with Crippen LogP contribution in [0.2, 0.25) is 0 Å². The van der Waals surface area contributed by atoms with E-state index in [0.29, 0.717) is 23.9 Å². The van der Waals surface area contributed by atoms with E-state index in [1.165, 1.54) is 12.8 Å². The van der Waals surface area contributed by atoms with Crippen LogP contribution in [0.4, 0.5) is 0 Å². The average molecular weight is 690 g/mol. The Hall–Kier alpha value is -3.01. The molecule has 0 fully saturated rings. The lowest BCUT2D eigenvalue weighted by Gasteiger charge is -2.26. The molecule has 0 rings (SSSR count). The second-order valence-corrected chi connectivity index (χ2v) is 13.1. The summed E-state index contributed by atoms with van der Waals surface area (Å²) in [5.74, 6) is -2.42. The van der Waals surface area contributed by atoms with Gasteiger partial charge in [0.15, 0.2) is 12.4 Å². The maximum atomic E-state index is 12.6. The SMILES string of the molecule is CC/C=C\C/C=C\C/C=C\C/C=C\CCC(=O)OC(COC(=O)CCCCCCC/C=C\CCCC)COC(OCC[N+](C)(C)C)C(=O)[O-]. The lowest BCUT2D eigenvalue weighted by atomic mass is 10.1. The van der Waals surface area contributed by atoms with E-state index in [9.17, 15) is 19.5 Å². The zero-order chi connectivity index (χ0) is 36.4. The molecular formula is C40H67NO8. The number of ether oxygens (including phenoxy) is 4. The highest BCUT2D eigenvalue weighted by atomic mass is 16.7. The third kappa shape index (κ3) is 33.3. The Labute approximate surface area is 297 Å². The Kier molecular flexibility index (Phi) is 30.2. The minimum atomic E-state index is -1.64. The molecule has 280 valence electrons. The van der Waals surface area contributed by atoms with Crippen LogP contribution in [0.15, 0.2) is 60.8 Å². The summed E-state index contributed by atoms with van der Waals surface area (Å²) in [6.45, 7) is 4.44. The maximum absolute atomic E-state index is 12.6. The molecule has 0 aliphatic rings. The largest absolute Gasteiger partial charge is 0.545 e. The molecule has 2 atom stereocenters. The van der Waals surface area contributed by atoms with Gasteiger partial charge in [-0.15, -0.1) is 0 Å². The third-order valence-corrected chi connectivity index (χ3v) is 7.26. The molecule has 0 saturated carbocycles. The van der Waals surface area contributed by atoms with E-state index in [4.69, 9.17) is 18.9 Å². The molecule has 9 heteroatoms. The number of allylic oxidation sites excluding steroid dienone is 10. The highest BCUT2D eigenvalue weighted by molar-refractivity contribution is 5.70. The van der Waals surface area contributed by atoms with Crippen molar-refractivity contribution in [3.05, 3.63) is 60.8 Å². The molecule has 0 aromatic heterocycles. The number of aliphatic carboxylic acids is 1. The van der Waals surface area contributed by atoms with Gasteiger partial charge in [-0.25, -0.2) is 0 Å². The Morgan fingerprint density at radius 1 is 0.633 bits per heavy atom. The highest BCUT2D eigenvalue weighted by Gasteiger charge is 2.21. The lowest BCUT2D eigenvalue weighted by Crippen LogP contribution is -2.44. The zero-order valence-electron chi connectivity index (χ0n) is 31.3. The van der Waals surface area contributed by atoms with Gasteiger partial charge in [0, 0.05) is 12.8 Å². The van der Waals surface area contributed by atoms with E-state index in [1.54, 1.807) is 0 Å². The molecule has 0 heterocycles. The van der Waals surface area contributed by atoms with Gasteiger partial charge < -0.3 is 33.3 Å². The van der Waals surface area contributed by atoms with Crippen LogP contribution in [0.3, 0.4) is 0 Å². The number of nitrogens with zero attached hydrogens (tertiary/aromatic N) is 1. The predicted molar refractivity (Wildman–Crippen MR) is 195 cm³/mol. The van der Waals surface area contributed by atoms with E-state index < -0.39 is 30.3 Å². The summed E-state index contributed by atoms with van der Waals surface area (Å²) >= 11 is 0. The van der Waals surface area contributed by atoms with E-state index in [1.807, 2.05) is 33.3 Å². The van der Waals surface area contributed by atoms with Crippen LogP contribution in [0.25, 0.3) is 0 Å². The van der Waals surface area contributed by atoms with Gasteiger partial charge in [0.25, 0.3) is 0 Å². The maximum Gasteiger partial charge on any atom is 0.306 e. The summed E-state index contributed by atoms with van der Waals surface area (Å²) in [5.41, 5.74) is 0. The van der Waals surface area contributed by atoms with Crippen molar-refractivity contribution in [1.82, 2.24) is 0 Å². The van der Waals surface area contributed by atoms with Crippen molar-refractivity contribution in [2.24, 2.45) is 0 Å². The second-order valence-electron chi connectivity index (χ2n) is 13.1. The van der Waals surface area contributed by atoms with Crippen LogP contribution in [-0.2, 0) is 33.3 Å². The van der Waals surface area contributed by atoms with Gasteiger partial charge in [0.2, 0.25) is 0 Å².